The van der Waals surface area contributed by atoms with Crippen molar-refractivity contribution in [3.8, 4) is 5.75 Å². The van der Waals surface area contributed by atoms with Crippen molar-refractivity contribution in [2.24, 2.45) is 22.7 Å². The summed E-state index contributed by atoms with van der Waals surface area (Å²) in [7, 11) is 1.53. The van der Waals surface area contributed by atoms with E-state index in [0.717, 1.165) is 36.2 Å². The maximum atomic E-state index is 14.6. The van der Waals surface area contributed by atoms with E-state index < -0.39 is 5.82 Å². The Morgan fingerprint density at radius 1 is 1.08 bits per heavy atom. The Labute approximate surface area is 162 Å². The second-order valence-corrected chi connectivity index (χ2v) is 8.21. The highest BCUT2D eigenvalue weighted by Gasteiger charge is 2.32. The maximum Gasteiger partial charge on any atom is 0.191 e. The van der Waals surface area contributed by atoms with E-state index in [-0.39, 0.29) is 5.69 Å². The lowest BCUT2D eigenvalue weighted by molar-refractivity contribution is 0.158. The highest BCUT2D eigenvalue weighted by Crippen LogP contribution is 2.46. The zero-order valence-corrected chi connectivity index (χ0v) is 16.8. The van der Waals surface area contributed by atoms with Crippen LogP contribution in [-0.4, -0.2) is 12.3 Å². The minimum absolute atomic E-state index is 0.210. The largest absolute Gasteiger partial charge is 0.493 e. The molecule has 0 aliphatic heterocycles. The molecule has 2 aliphatic carbocycles. The van der Waals surface area contributed by atoms with Gasteiger partial charge in [0.1, 0.15) is 5.69 Å². The monoisotopic (exact) mass is 375 g/mol. The topological polar surface area (TPSA) is 21.6 Å². The molecule has 0 spiro atoms. The lowest BCUT2D eigenvalue weighted by atomic mass is 9.68. The lowest BCUT2D eigenvalue weighted by Gasteiger charge is -2.38. The van der Waals surface area contributed by atoms with Gasteiger partial charge in [-0.2, -0.15) is 4.99 Å². The Morgan fingerprint density at radius 3 is 2.23 bits per heavy atom. The summed E-state index contributed by atoms with van der Waals surface area (Å²) in [6.07, 6.45) is 11.8. The SMILES string of the molecule is CC[C@H]1CC[C@H]([C@H]2CC[C@H](c3ccc(N=C=S)c(F)c3OC)CC2)CC1. The second kappa shape index (κ2) is 9.10. The van der Waals surface area contributed by atoms with Crippen molar-refractivity contribution in [3.63, 3.8) is 0 Å². The molecule has 1 aromatic carbocycles. The van der Waals surface area contributed by atoms with E-state index in [1.54, 1.807) is 6.07 Å². The average Bonchev–Trinajstić information content (AvgIpc) is 2.70. The Kier molecular flexibility index (Phi) is 6.83. The number of hydrogen-bond donors (Lipinski definition) is 0. The quantitative estimate of drug-likeness (QED) is 0.406. The van der Waals surface area contributed by atoms with Gasteiger partial charge in [-0.25, -0.2) is 4.39 Å². The number of benzene rings is 1. The van der Waals surface area contributed by atoms with E-state index in [1.807, 2.05) is 6.07 Å². The molecule has 0 heterocycles. The molecule has 0 unspecified atom stereocenters. The molecule has 2 aliphatic rings. The van der Waals surface area contributed by atoms with Crippen molar-refractivity contribution >= 4 is 23.1 Å². The van der Waals surface area contributed by atoms with Gasteiger partial charge in [-0.15, -0.1) is 0 Å². The predicted octanol–water partition coefficient (Wildman–Crippen LogP) is 7.06. The summed E-state index contributed by atoms with van der Waals surface area (Å²) in [5.41, 5.74) is 1.20. The normalized spacial score (nSPS) is 29.0. The van der Waals surface area contributed by atoms with Gasteiger partial charge in [0.25, 0.3) is 0 Å². The van der Waals surface area contributed by atoms with E-state index >= 15 is 0 Å². The molecule has 0 saturated heterocycles. The Balaban J connectivity index is 1.65. The van der Waals surface area contributed by atoms with Gasteiger partial charge in [-0.05, 0) is 80.5 Å². The van der Waals surface area contributed by atoms with Crippen LogP contribution in [-0.2, 0) is 0 Å². The van der Waals surface area contributed by atoms with Gasteiger partial charge in [0.05, 0.1) is 12.3 Å². The zero-order valence-electron chi connectivity index (χ0n) is 16.0. The first-order valence-electron chi connectivity index (χ1n) is 10.1. The van der Waals surface area contributed by atoms with Gasteiger partial charge in [0, 0.05) is 5.56 Å². The van der Waals surface area contributed by atoms with E-state index in [4.69, 9.17) is 4.74 Å². The van der Waals surface area contributed by atoms with Gasteiger partial charge < -0.3 is 4.74 Å². The summed E-state index contributed by atoms with van der Waals surface area (Å²) in [6.45, 7) is 2.33. The number of isothiocyanates is 1. The van der Waals surface area contributed by atoms with Crippen LogP contribution in [0.2, 0.25) is 0 Å². The Morgan fingerprint density at radius 2 is 1.69 bits per heavy atom. The first-order valence-corrected chi connectivity index (χ1v) is 10.5. The molecule has 2 saturated carbocycles. The van der Waals surface area contributed by atoms with E-state index in [2.05, 4.69) is 29.3 Å². The predicted molar refractivity (Wildman–Crippen MR) is 108 cm³/mol. The molecule has 0 N–H and O–H groups in total. The van der Waals surface area contributed by atoms with E-state index in [9.17, 15) is 4.39 Å². The van der Waals surface area contributed by atoms with Crippen LogP contribution in [0.3, 0.4) is 0 Å². The highest BCUT2D eigenvalue weighted by molar-refractivity contribution is 7.78. The number of hydrogen-bond acceptors (Lipinski definition) is 3. The van der Waals surface area contributed by atoms with Crippen molar-refractivity contribution in [3.05, 3.63) is 23.5 Å². The van der Waals surface area contributed by atoms with Gasteiger partial charge >= 0.3 is 0 Å². The second-order valence-electron chi connectivity index (χ2n) is 8.02. The molecule has 0 amide bonds. The number of rotatable bonds is 5. The van der Waals surface area contributed by atoms with Crippen LogP contribution in [0.15, 0.2) is 17.1 Å². The summed E-state index contributed by atoms with van der Waals surface area (Å²) in [4.78, 5) is 3.80. The summed E-state index contributed by atoms with van der Waals surface area (Å²) in [5.74, 6) is 3.04. The van der Waals surface area contributed by atoms with Crippen LogP contribution in [0.25, 0.3) is 0 Å². The molecule has 2 fully saturated rings. The van der Waals surface area contributed by atoms with Crippen molar-refractivity contribution < 1.29 is 9.13 Å². The molecule has 26 heavy (non-hydrogen) atoms. The van der Waals surface area contributed by atoms with Crippen LogP contribution >= 0.6 is 12.2 Å². The van der Waals surface area contributed by atoms with Crippen LogP contribution in [0, 0.1) is 23.6 Å². The standard InChI is InChI=1S/C22H30FNOS/c1-3-15-4-6-16(7-5-15)17-8-10-18(11-9-17)19-12-13-20(24-14-26)21(23)22(19)25-2/h12-13,15-18H,3-11H2,1-2H3/t15-,16-,17-,18-. The van der Waals surface area contributed by atoms with Gasteiger partial charge in [-0.3, -0.25) is 0 Å². The molecule has 4 heteroatoms. The number of ether oxygens (including phenoxy) is 1. The summed E-state index contributed by atoms with van der Waals surface area (Å²) >= 11 is 4.60. The third-order valence-electron chi connectivity index (χ3n) is 6.82. The number of aliphatic imine (C=N–C) groups is 1. The minimum atomic E-state index is -0.414. The summed E-state index contributed by atoms with van der Waals surface area (Å²) < 4.78 is 20.0. The molecule has 1 aromatic rings. The number of thiocarbonyl (C=S) groups is 1. The van der Waals surface area contributed by atoms with Crippen molar-refractivity contribution in [2.75, 3.05) is 7.11 Å². The van der Waals surface area contributed by atoms with Gasteiger partial charge in [-0.1, -0.05) is 32.3 Å². The van der Waals surface area contributed by atoms with Crippen molar-refractivity contribution in [2.45, 2.75) is 70.6 Å². The van der Waals surface area contributed by atoms with Crippen LogP contribution in [0.1, 0.15) is 76.2 Å². The first kappa shape index (κ1) is 19.5. The minimum Gasteiger partial charge on any atom is -0.493 e. The molecule has 142 valence electrons. The maximum absolute atomic E-state index is 14.6. The smallest absolute Gasteiger partial charge is 0.191 e. The number of halogens is 1. The number of nitrogens with zero attached hydrogens (tertiary/aromatic N) is 1. The van der Waals surface area contributed by atoms with Crippen molar-refractivity contribution in [1.29, 1.82) is 0 Å². The van der Waals surface area contributed by atoms with Crippen LogP contribution in [0.4, 0.5) is 10.1 Å². The fraction of sp³-hybridized carbons (Fsp3) is 0.682. The third-order valence-corrected chi connectivity index (χ3v) is 6.92. The summed E-state index contributed by atoms with van der Waals surface area (Å²) in [5, 5.41) is 2.24. The number of methoxy groups -OCH3 is 1. The lowest BCUT2D eigenvalue weighted by Crippen LogP contribution is -2.25. The fourth-order valence-electron chi connectivity index (χ4n) is 5.19. The Bertz CT molecular complexity index is 654. The van der Waals surface area contributed by atoms with Crippen molar-refractivity contribution in [1.82, 2.24) is 0 Å². The molecular formula is C22H30FNOS. The molecule has 2 nitrogen and oxygen atoms in total. The van der Waals surface area contributed by atoms with Crippen LogP contribution in [0.5, 0.6) is 5.75 Å². The third kappa shape index (κ3) is 4.18. The van der Waals surface area contributed by atoms with Gasteiger partial charge in [0.15, 0.2) is 11.6 Å². The first-order chi connectivity index (χ1) is 12.7. The highest BCUT2D eigenvalue weighted by atomic mass is 32.1. The average molecular weight is 376 g/mol. The molecule has 0 aromatic heterocycles. The van der Waals surface area contributed by atoms with Crippen LogP contribution < -0.4 is 4.74 Å². The fourth-order valence-corrected chi connectivity index (χ4v) is 5.29. The van der Waals surface area contributed by atoms with E-state index in [1.165, 1.54) is 52.1 Å². The van der Waals surface area contributed by atoms with Gasteiger partial charge in [0.2, 0.25) is 0 Å². The molecule has 0 atom stereocenters. The molecular weight excluding hydrogens is 345 g/mol. The Hall–Kier alpha value is -1.25. The molecule has 0 radical (unpaired) electrons. The van der Waals surface area contributed by atoms with E-state index in [0.29, 0.717) is 11.7 Å². The zero-order chi connectivity index (χ0) is 18.5. The molecule has 3 rings (SSSR count). The summed E-state index contributed by atoms with van der Waals surface area (Å²) in [6, 6.07) is 3.66. The molecule has 0 bridgehead atoms.